The summed E-state index contributed by atoms with van der Waals surface area (Å²) in [5, 5.41) is 0. The smallest absolute Gasteiger partial charge is 0.180 e. The van der Waals surface area contributed by atoms with E-state index in [1.165, 1.54) is 5.56 Å². The van der Waals surface area contributed by atoms with Crippen LogP contribution in [-0.2, 0) is 11.3 Å². The van der Waals surface area contributed by atoms with Gasteiger partial charge in [-0.3, -0.25) is 9.69 Å². The highest BCUT2D eigenvalue weighted by molar-refractivity contribution is 5.85. The van der Waals surface area contributed by atoms with Crippen molar-refractivity contribution in [1.29, 1.82) is 0 Å². The number of carbonyl (C=O) groups excluding carboxylic acids is 1. The van der Waals surface area contributed by atoms with Crippen molar-refractivity contribution < 1.29 is 9.18 Å². The second-order valence-electron chi connectivity index (χ2n) is 3.92. The molecule has 1 fully saturated rings. The Morgan fingerprint density at radius 2 is 2.07 bits per heavy atom. The molecule has 1 aromatic carbocycles. The summed E-state index contributed by atoms with van der Waals surface area (Å²) in [6.07, 6.45) is -0.900. The van der Waals surface area contributed by atoms with Gasteiger partial charge < -0.3 is 0 Å². The number of nitrogens with zero attached hydrogens (tertiary/aromatic N) is 1. The van der Waals surface area contributed by atoms with Gasteiger partial charge in [0, 0.05) is 13.1 Å². The standard InChI is InChI=1S/C12H14FNO/c13-11-6-7-14(9-12(11)15)8-10-4-2-1-3-5-10/h1-5,11H,6-9H2. The summed E-state index contributed by atoms with van der Waals surface area (Å²) in [5.74, 6) is -0.280. The normalized spacial score (nSPS) is 23.0. The van der Waals surface area contributed by atoms with Crippen molar-refractivity contribution >= 4 is 5.78 Å². The van der Waals surface area contributed by atoms with Crippen LogP contribution in [-0.4, -0.2) is 29.9 Å². The minimum Gasteiger partial charge on any atom is -0.295 e. The lowest BCUT2D eigenvalue weighted by molar-refractivity contribution is -0.128. The van der Waals surface area contributed by atoms with Crippen molar-refractivity contribution in [2.75, 3.05) is 13.1 Å². The minimum absolute atomic E-state index is 0.246. The number of likely N-dealkylation sites (tertiary alicyclic amines) is 1. The molecule has 0 saturated carbocycles. The molecule has 1 aliphatic heterocycles. The van der Waals surface area contributed by atoms with Gasteiger partial charge in [0.15, 0.2) is 12.0 Å². The van der Waals surface area contributed by atoms with E-state index in [1.54, 1.807) is 0 Å². The molecule has 2 rings (SSSR count). The van der Waals surface area contributed by atoms with Gasteiger partial charge in [-0.2, -0.15) is 0 Å². The minimum atomic E-state index is -1.24. The first-order valence-electron chi connectivity index (χ1n) is 5.19. The summed E-state index contributed by atoms with van der Waals surface area (Å²) in [6.45, 7) is 1.65. The lowest BCUT2D eigenvalue weighted by atomic mass is 10.1. The number of rotatable bonds is 2. The third kappa shape index (κ3) is 2.63. The van der Waals surface area contributed by atoms with E-state index in [0.29, 0.717) is 13.0 Å². The Kier molecular flexibility index (Phi) is 3.11. The van der Waals surface area contributed by atoms with E-state index in [4.69, 9.17) is 0 Å². The maximum atomic E-state index is 12.9. The zero-order valence-electron chi connectivity index (χ0n) is 8.53. The molecule has 2 nitrogen and oxygen atoms in total. The first kappa shape index (κ1) is 10.3. The van der Waals surface area contributed by atoms with Crippen LogP contribution in [0.2, 0.25) is 0 Å². The molecule has 0 aliphatic carbocycles. The number of piperidine rings is 1. The predicted octanol–water partition coefficient (Wildman–Crippen LogP) is 1.80. The number of Topliss-reactive ketones (excluding diaryl/α,β-unsaturated/α-hetero) is 1. The summed E-state index contributed by atoms with van der Waals surface area (Å²) in [7, 11) is 0. The highest BCUT2D eigenvalue weighted by atomic mass is 19.1. The molecular weight excluding hydrogens is 193 g/mol. The number of hydrogen-bond acceptors (Lipinski definition) is 2. The van der Waals surface area contributed by atoms with E-state index in [1.807, 2.05) is 35.2 Å². The summed E-state index contributed by atoms with van der Waals surface area (Å²) in [5.41, 5.74) is 1.17. The van der Waals surface area contributed by atoms with E-state index >= 15 is 0 Å². The Hall–Kier alpha value is -1.22. The van der Waals surface area contributed by atoms with Crippen LogP contribution in [0.5, 0.6) is 0 Å². The summed E-state index contributed by atoms with van der Waals surface area (Å²) < 4.78 is 12.9. The number of ketones is 1. The van der Waals surface area contributed by atoms with Crippen LogP contribution in [0.4, 0.5) is 4.39 Å². The third-order valence-electron chi connectivity index (χ3n) is 2.68. The lowest BCUT2D eigenvalue weighted by Crippen LogP contribution is -2.41. The highest BCUT2D eigenvalue weighted by Crippen LogP contribution is 2.13. The van der Waals surface area contributed by atoms with Gasteiger partial charge >= 0.3 is 0 Å². The van der Waals surface area contributed by atoms with Crippen molar-refractivity contribution in [2.45, 2.75) is 19.1 Å². The van der Waals surface area contributed by atoms with Gasteiger partial charge in [0.1, 0.15) is 0 Å². The van der Waals surface area contributed by atoms with Crippen LogP contribution in [0.25, 0.3) is 0 Å². The van der Waals surface area contributed by atoms with Crippen LogP contribution in [0, 0.1) is 0 Å². The monoisotopic (exact) mass is 207 g/mol. The fourth-order valence-corrected chi connectivity index (χ4v) is 1.83. The summed E-state index contributed by atoms with van der Waals surface area (Å²) in [4.78, 5) is 13.2. The molecule has 0 bridgehead atoms. The predicted molar refractivity (Wildman–Crippen MR) is 56.2 cm³/mol. The number of hydrogen-bond donors (Lipinski definition) is 0. The molecule has 1 heterocycles. The van der Waals surface area contributed by atoms with Gasteiger partial charge in [-0.1, -0.05) is 30.3 Å². The van der Waals surface area contributed by atoms with Gasteiger partial charge in [0.25, 0.3) is 0 Å². The van der Waals surface area contributed by atoms with E-state index in [-0.39, 0.29) is 12.3 Å². The molecule has 0 amide bonds. The quantitative estimate of drug-likeness (QED) is 0.737. The topological polar surface area (TPSA) is 20.3 Å². The average Bonchev–Trinajstić information content (AvgIpc) is 2.25. The van der Waals surface area contributed by atoms with Crippen LogP contribution in [0.1, 0.15) is 12.0 Å². The number of carbonyl (C=O) groups is 1. The molecule has 0 aromatic heterocycles. The van der Waals surface area contributed by atoms with Gasteiger partial charge in [0.2, 0.25) is 0 Å². The van der Waals surface area contributed by atoms with Crippen LogP contribution < -0.4 is 0 Å². The van der Waals surface area contributed by atoms with Gasteiger partial charge in [-0.05, 0) is 12.0 Å². The van der Waals surface area contributed by atoms with E-state index in [9.17, 15) is 9.18 Å². The summed E-state index contributed by atoms with van der Waals surface area (Å²) in [6, 6.07) is 9.94. The Balaban J connectivity index is 1.94. The molecule has 15 heavy (non-hydrogen) atoms. The van der Waals surface area contributed by atoms with E-state index in [2.05, 4.69) is 0 Å². The Bertz CT molecular complexity index is 339. The second-order valence-corrected chi connectivity index (χ2v) is 3.92. The molecule has 1 saturated heterocycles. The highest BCUT2D eigenvalue weighted by Gasteiger charge is 2.26. The van der Waals surface area contributed by atoms with Crippen molar-refractivity contribution in [3.8, 4) is 0 Å². The van der Waals surface area contributed by atoms with Gasteiger partial charge in [0.05, 0.1) is 6.54 Å². The fraction of sp³-hybridized carbons (Fsp3) is 0.417. The molecule has 1 aliphatic rings. The molecule has 1 unspecified atom stereocenters. The van der Waals surface area contributed by atoms with Crippen LogP contribution in [0.3, 0.4) is 0 Å². The largest absolute Gasteiger partial charge is 0.295 e. The Morgan fingerprint density at radius 3 is 2.73 bits per heavy atom. The van der Waals surface area contributed by atoms with Crippen molar-refractivity contribution in [3.63, 3.8) is 0 Å². The average molecular weight is 207 g/mol. The second kappa shape index (κ2) is 4.53. The number of benzene rings is 1. The Morgan fingerprint density at radius 1 is 1.33 bits per heavy atom. The molecule has 3 heteroatoms. The van der Waals surface area contributed by atoms with Crippen LogP contribution in [0.15, 0.2) is 30.3 Å². The fourth-order valence-electron chi connectivity index (χ4n) is 1.83. The van der Waals surface area contributed by atoms with Crippen LogP contribution >= 0.6 is 0 Å². The molecule has 0 spiro atoms. The number of alkyl halides is 1. The van der Waals surface area contributed by atoms with Gasteiger partial charge in [-0.15, -0.1) is 0 Å². The molecular formula is C12H14FNO. The lowest BCUT2D eigenvalue weighted by Gasteiger charge is -2.27. The molecule has 1 atom stereocenters. The maximum absolute atomic E-state index is 12.9. The van der Waals surface area contributed by atoms with Gasteiger partial charge in [-0.25, -0.2) is 4.39 Å². The summed E-state index contributed by atoms with van der Waals surface area (Å²) >= 11 is 0. The molecule has 0 N–H and O–H groups in total. The third-order valence-corrected chi connectivity index (χ3v) is 2.68. The number of halogens is 1. The molecule has 0 radical (unpaired) electrons. The Labute approximate surface area is 88.7 Å². The zero-order chi connectivity index (χ0) is 10.7. The molecule has 1 aromatic rings. The maximum Gasteiger partial charge on any atom is 0.180 e. The van der Waals surface area contributed by atoms with Crippen molar-refractivity contribution in [1.82, 2.24) is 4.90 Å². The van der Waals surface area contributed by atoms with E-state index in [0.717, 1.165) is 6.54 Å². The zero-order valence-corrected chi connectivity index (χ0v) is 8.53. The first-order chi connectivity index (χ1) is 7.25. The molecule has 80 valence electrons. The SMILES string of the molecule is O=C1CN(Cc2ccccc2)CCC1F. The first-order valence-corrected chi connectivity index (χ1v) is 5.19. The van der Waals surface area contributed by atoms with E-state index < -0.39 is 6.17 Å². The van der Waals surface area contributed by atoms with Crippen molar-refractivity contribution in [2.24, 2.45) is 0 Å². The van der Waals surface area contributed by atoms with Crippen molar-refractivity contribution in [3.05, 3.63) is 35.9 Å².